The number of nitrogens with zero attached hydrogens (tertiary/aromatic N) is 3. The first kappa shape index (κ1) is 22.3. The number of aromatic hydroxyl groups is 1. The summed E-state index contributed by atoms with van der Waals surface area (Å²) in [7, 11) is -3.41. The molecule has 2 aliphatic heterocycles. The van der Waals surface area contributed by atoms with E-state index in [9.17, 15) is 18.3 Å². The lowest BCUT2D eigenvalue weighted by molar-refractivity contribution is 0.175. The molecule has 2 aromatic rings. The monoisotopic (exact) mass is 449 g/mol. The first-order chi connectivity index (χ1) is 14.9. The van der Waals surface area contributed by atoms with Gasteiger partial charge in [0.25, 0.3) is 10.2 Å². The maximum atomic E-state index is 13.0. The van der Waals surface area contributed by atoms with E-state index in [4.69, 9.17) is 4.42 Å². The van der Waals surface area contributed by atoms with Crippen molar-refractivity contribution in [2.75, 3.05) is 39.3 Å². The summed E-state index contributed by atoms with van der Waals surface area (Å²) >= 11 is 0. The normalized spacial score (nSPS) is 20.2. The van der Waals surface area contributed by atoms with Gasteiger partial charge in [0, 0.05) is 63.3 Å². The van der Waals surface area contributed by atoms with Gasteiger partial charge in [-0.3, -0.25) is 4.90 Å². The van der Waals surface area contributed by atoms with Gasteiger partial charge in [-0.05, 0) is 36.5 Å². The third-order valence-electron chi connectivity index (χ3n) is 6.35. The number of hydrogen-bond donors (Lipinski definition) is 1. The van der Waals surface area contributed by atoms with E-state index in [-0.39, 0.29) is 5.75 Å². The van der Waals surface area contributed by atoms with Gasteiger partial charge < -0.3 is 9.52 Å². The number of hydrogen-bond acceptors (Lipinski definition) is 6. The minimum atomic E-state index is -3.41. The van der Waals surface area contributed by atoms with Crippen molar-refractivity contribution in [3.63, 3.8) is 0 Å². The van der Waals surface area contributed by atoms with Crippen LogP contribution in [-0.2, 0) is 23.2 Å². The summed E-state index contributed by atoms with van der Waals surface area (Å²) in [6.45, 7) is 5.82. The van der Waals surface area contributed by atoms with E-state index in [1.165, 1.54) is 12.1 Å². The zero-order valence-electron chi connectivity index (χ0n) is 18.0. The molecule has 0 spiro atoms. The van der Waals surface area contributed by atoms with Gasteiger partial charge in [0.15, 0.2) is 0 Å². The molecule has 9 heteroatoms. The summed E-state index contributed by atoms with van der Waals surface area (Å²) in [5, 5.41) is 10.9. The molecule has 4 rings (SSSR count). The second-order valence-corrected chi connectivity index (χ2v) is 10.3. The van der Waals surface area contributed by atoms with E-state index in [0.29, 0.717) is 57.8 Å². The molecule has 0 aliphatic carbocycles. The highest BCUT2D eigenvalue weighted by Gasteiger charge is 2.32. The second-order valence-electron chi connectivity index (χ2n) is 8.42. The second kappa shape index (κ2) is 9.28. The Kier molecular flexibility index (Phi) is 6.66. The number of rotatable bonds is 5. The minimum absolute atomic E-state index is 0.127. The first-order valence-electron chi connectivity index (χ1n) is 11.1. The third kappa shape index (κ3) is 4.79. The summed E-state index contributed by atoms with van der Waals surface area (Å²) in [5.74, 6) is 0.127. The van der Waals surface area contributed by atoms with Gasteiger partial charge in [0.1, 0.15) is 11.3 Å². The fraction of sp³-hybridized carbons (Fsp3) is 0.591. The third-order valence-corrected chi connectivity index (χ3v) is 8.39. The van der Waals surface area contributed by atoms with E-state index in [1.54, 1.807) is 8.61 Å². The molecule has 3 heterocycles. The molecule has 0 unspecified atom stereocenters. The van der Waals surface area contributed by atoms with Gasteiger partial charge >= 0.3 is 5.63 Å². The van der Waals surface area contributed by atoms with Crippen LogP contribution in [0.3, 0.4) is 0 Å². The molecular weight excluding hydrogens is 418 g/mol. The zero-order chi connectivity index (χ0) is 22.0. The lowest BCUT2D eigenvalue weighted by atomic mass is 10.0. The SMILES string of the molecule is CCc1cc2c(CN3CCN(S(=O)(=O)N4CCCCCC4)CC3)cc(=O)oc2cc1O. The number of benzene rings is 1. The Hall–Kier alpha value is -1.94. The highest BCUT2D eigenvalue weighted by molar-refractivity contribution is 7.86. The van der Waals surface area contributed by atoms with Gasteiger partial charge in [0.2, 0.25) is 0 Å². The van der Waals surface area contributed by atoms with Gasteiger partial charge in [-0.2, -0.15) is 17.0 Å². The summed E-state index contributed by atoms with van der Waals surface area (Å²) in [6, 6.07) is 4.88. The quantitative estimate of drug-likeness (QED) is 0.704. The highest BCUT2D eigenvalue weighted by Crippen LogP contribution is 2.28. The Morgan fingerprint density at radius 2 is 1.55 bits per heavy atom. The largest absolute Gasteiger partial charge is 0.508 e. The van der Waals surface area contributed by atoms with E-state index in [2.05, 4.69) is 4.90 Å². The highest BCUT2D eigenvalue weighted by atomic mass is 32.2. The van der Waals surface area contributed by atoms with Crippen LogP contribution >= 0.6 is 0 Å². The molecule has 2 saturated heterocycles. The Balaban J connectivity index is 1.48. The Bertz CT molecular complexity index is 1080. The number of aryl methyl sites for hydroxylation is 1. The van der Waals surface area contributed by atoms with Gasteiger partial charge in [0.05, 0.1) is 0 Å². The Morgan fingerprint density at radius 1 is 0.903 bits per heavy atom. The van der Waals surface area contributed by atoms with Crippen LogP contribution in [0.4, 0.5) is 0 Å². The fourth-order valence-corrected chi connectivity index (χ4v) is 6.19. The van der Waals surface area contributed by atoms with Crippen LogP contribution in [0, 0.1) is 0 Å². The summed E-state index contributed by atoms with van der Waals surface area (Å²) in [5.41, 5.74) is 1.56. The zero-order valence-corrected chi connectivity index (χ0v) is 18.9. The summed E-state index contributed by atoms with van der Waals surface area (Å²) < 4.78 is 34.6. The minimum Gasteiger partial charge on any atom is -0.508 e. The molecular formula is C22H31N3O5S. The molecule has 31 heavy (non-hydrogen) atoms. The molecule has 0 saturated carbocycles. The van der Waals surface area contributed by atoms with Gasteiger partial charge in [-0.25, -0.2) is 4.79 Å². The van der Waals surface area contributed by atoms with Gasteiger partial charge in [-0.15, -0.1) is 0 Å². The van der Waals surface area contributed by atoms with Crippen LogP contribution in [0.5, 0.6) is 5.75 Å². The fourth-order valence-electron chi connectivity index (χ4n) is 4.52. The van der Waals surface area contributed by atoms with Crippen molar-refractivity contribution in [1.82, 2.24) is 13.5 Å². The summed E-state index contributed by atoms with van der Waals surface area (Å²) in [4.78, 5) is 14.2. The van der Waals surface area contributed by atoms with Crippen molar-refractivity contribution in [3.05, 3.63) is 39.7 Å². The maximum absolute atomic E-state index is 13.0. The molecule has 0 bridgehead atoms. The van der Waals surface area contributed by atoms with Crippen molar-refractivity contribution in [3.8, 4) is 5.75 Å². The molecule has 0 amide bonds. The smallest absolute Gasteiger partial charge is 0.336 e. The topological polar surface area (TPSA) is 94.3 Å². The van der Waals surface area contributed by atoms with Crippen LogP contribution in [-0.4, -0.2) is 66.3 Å². The molecule has 2 fully saturated rings. The van der Waals surface area contributed by atoms with Crippen molar-refractivity contribution in [2.45, 2.75) is 45.6 Å². The maximum Gasteiger partial charge on any atom is 0.336 e. The van der Waals surface area contributed by atoms with Crippen LogP contribution in [0.15, 0.2) is 27.4 Å². The Labute approximate surface area is 183 Å². The molecule has 170 valence electrons. The van der Waals surface area contributed by atoms with Gasteiger partial charge in [-0.1, -0.05) is 19.8 Å². The van der Waals surface area contributed by atoms with Crippen molar-refractivity contribution < 1.29 is 17.9 Å². The van der Waals surface area contributed by atoms with Crippen molar-refractivity contribution in [2.24, 2.45) is 0 Å². The van der Waals surface area contributed by atoms with E-state index in [1.807, 2.05) is 13.0 Å². The molecule has 2 aliphatic rings. The summed E-state index contributed by atoms with van der Waals surface area (Å²) in [6.07, 6.45) is 4.72. The average molecular weight is 450 g/mol. The van der Waals surface area contributed by atoms with Crippen LogP contribution < -0.4 is 5.63 Å². The Morgan fingerprint density at radius 3 is 2.19 bits per heavy atom. The number of phenolic OH excluding ortho intramolecular Hbond substituents is 1. The first-order valence-corrected chi connectivity index (χ1v) is 12.5. The van der Waals surface area contributed by atoms with Crippen LogP contribution in [0.1, 0.15) is 43.7 Å². The number of fused-ring (bicyclic) bond motifs is 1. The molecule has 1 aromatic carbocycles. The standard InChI is InChI=1S/C22H31N3O5S/c1-2-17-13-19-18(14-22(27)30-21(19)15-20(17)26)16-23-9-11-25(12-10-23)31(28,29)24-7-5-3-4-6-8-24/h13-15,26H,2-12,16H2,1H3. The molecule has 0 radical (unpaired) electrons. The van der Waals surface area contributed by atoms with Crippen molar-refractivity contribution >= 4 is 21.2 Å². The van der Waals surface area contributed by atoms with Crippen LogP contribution in [0.2, 0.25) is 0 Å². The molecule has 1 N–H and O–H groups in total. The number of phenols is 1. The predicted octanol–water partition coefficient (Wildman–Crippen LogP) is 2.30. The van der Waals surface area contributed by atoms with E-state index < -0.39 is 15.8 Å². The van der Waals surface area contributed by atoms with Crippen molar-refractivity contribution in [1.29, 1.82) is 0 Å². The molecule has 0 atom stereocenters. The lowest BCUT2D eigenvalue weighted by Crippen LogP contribution is -2.52. The van der Waals surface area contributed by atoms with Crippen LogP contribution in [0.25, 0.3) is 11.0 Å². The molecule has 1 aromatic heterocycles. The predicted molar refractivity (Wildman–Crippen MR) is 119 cm³/mol. The average Bonchev–Trinajstić information content (AvgIpc) is 3.04. The van der Waals surface area contributed by atoms with E-state index in [0.717, 1.165) is 42.2 Å². The molecule has 8 nitrogen and oxygen atoms in total. The number of piperazine rings is 1. The van der Waals surface area contributed by atoms with E-state index >= 15 is 0 Å². The lowest BCUT2D eigenvalue weighted by Gasteiger charge is -2.36.